The highest BCUT2D eigenvalue weighted by Crippen LogP contribution is 2.29. The van der Waals surface area contributed by atoms with Crippen molar-refractivity contribution in [2.24, 2.45) is 0 Å². The van der Waals surface area contributed by atoms with Gasteiger partial charge in [0.05, 0.1) is 18.4 Å². The van der Waals surface area contributed by atoms with E-state index in [1.54, 1.807) is 13.3 Å². The zero-order valence-corrected chi connectivity index (χ0v) is 16.4. The number of methoxy groups -OCH3 is 1. The summed E-state index contributed by atoms with van der Waals surface area (Å²) in [6.07, 6.45) is 4.13. The quantitative estimate of drug-likeness (QED) is 0.817. The molecule has 2 fully saturated rings. The topological polar surface area (TPSA) is 55.6 Å². The van der Waals surface area contributed by atoms with E-state index in [1.165, 1.54) is 12.1 Å². The normalized spacial score (nSPS) is 20.6. The van der Waals surface area contributed by atoms with Gasteiger partial charge < -0.3 is 14.5 Å². The maximum Gasteiger partial charge on any atom is 0.146 e. The van der Waals surface area contributed by atoms with Crippen molar-refractivity contribution in [1.82, 2.24) is 9.88 Å². The summed E-state index contributed by atoms with van der Waals surface area (Å²) in [6.45, 7) is 6.02. The lowest BCUT2D eigenvalue weighted by Gasteiger charge is -2.44. The van der Waals surface area contributed by atoms with Crippen LogP contribution in [-0.4, -0.2) is 62.3 Å². The van der Waals surface area contributed by atoms with Gasteiger partial charge in [-0.25, -0.2) is 4.98 Å². The second kappa shape index (κ2) is 8.49. The number of piperidine rings is 1. The summed E-state index contributed by atoms with van der Waals surface area (Å²) in [5.41, 5.74) is 1.85. The molecule has 2 aliphatic rings. The van der Waals surface area contributed by atoms with Crippen LogP contribution < -0.4 is 14.5 Å². The Morgan fingerprint density at radius 2 is 1.86 bits per heavy atom. The van der Waals surface area contributed by atoms with Crippen LogP contribution in [0.1, 0.15) is 18.4 Å². The minimum atomic E-state index is 0.516. The van der Waals surface area contributed by atoms with Gasteiger partial charge in [0, 0.05) is 51.5 Å². The van der Waals surface area contributed by atoms with Crippen LogP contribution in [0.5, 0.6) is 5.75 Å². The number of nitrogens with zero attached hydrogens (tertiary/aromatic N) is 5. The monoisotopic (exact) mass is 377 g/mol. The predicted octanol–water partition coefficient (Wildman–Crippen LogP) is 2.75. The first-order valence-corrected chi connectivity index (χ1v) is 10.0. The number of rotatable bonds is 4. The molecule has 2 aliphatic heterocycles. The summed E-state index contributed by atoms with van der Waals surface area (Å²) in [4.78, 5) is 11.8. The van der Waals surface area contributed by atoms with Crippen molar-refractivity contribution in [2.45, 2.75) is 18.9 Å². The SMILES string of the molecule is COc1ccccc1N1CCN(C2CCCN(c3ncccc3C#N)C2)CC1. The second-order valence-corrected chi connectivity index (χ2v) is 7.42. The number of hydrogen-bond donors (Lipinski definition) is 0. The summed E-state index contributed by atoms with van der Waals surface area (Å²) in [7, 11) is 1.73. The molecular weight excluding hydrogens is 350 g/mol. The minimum Gasteiger partial charge on any atom is -0.495 e. The zero-order valence-electron chi connectivity index (χ0n) is 16.4. The van der Waals surface area contributed by atoms with Gasteiger partial charge in [0.15, 0.2) is 0 Å². The highest BCUT2D eigenvalue weighted by Gasteiger charge is 2.29. The van der Waals surface area contributed by atoms with Crippen LogP contribution >= 0.6 is 0 Å². The Hall–Kier alpha value is -2.78. The maximum absolute atomic E-state index is 9.40. The summed E-state index contributed by atoms with van der Waals surface area (Å²) in [6, 6.07) is 14.8. The maximum atomic E-state index is 9.40. The average molecular weight is 377 g/mol. The van der Waals surface area contributed by atoms with Crippen LogP contribution in [0.2, 0.25) is 0 Å². The molecule has 3 heterocycles. The Labute approximate surface area is 166 Å². The molecule has 0 radical (unpaired) electrons. The number of anilines is 2. The highest BCUT2D eigenvalue weighted by atomic mass is 16.5. The van der Waals surface area contributed by atoms with Gasteiger partial charge in [-0.05, 0) is 37.1 Å². The van der Waals surface area contributed by atoms with Crippen molar-refractivity contribution in [3.8, 4) is 11.8 Å². The number of benzene rings is 1. The largest absolute Gasteiger partial charge is 0.495 e. The number of ether oxygens (including phenoxy) is 1. The molecule has 1 aromatic heterocycles. The van der Waals surface area contributed by atoms with E-state index in [9.17, 15) is 5.26 Å². The standard InChI is InChI=1S/C22H27N5O/c1-28-21-9-3-2-8-20(21)26-14-12-25(13-15-26)19-7-5-11-27(17-19)22-18(16-23)6-4-10-24-22/h2-4,6,8-10,19H,5,7,11-15,17H2,1H3. The molecule has 146 valence electrons. The molecule has 1 unspecified atom stereocenters. The smallest absolute Gasteiger partial charge is 0.146 e. The first kappa shape index (κ1) is 18.6. The van der Waals surface area contributed by atoms with Crippen LogP contribution in [0.4, 0.5) is 11.5 Å². The van der Waals surface area contributed by atoms with E-state index in [4.69, 9.17) is 4.74 Å². The Morgan fingerprint density at radius 1 is 1.04 bits per heavy atom. The summed E-state index contributed by atoms with van der Waals surface area (Å²) >= 11 is 0. The summed E-state index contributed by atoms with van der Waals surface area (Å²) in [5, 5.41) is 9.40. The summed E-state index contributed by atoms with van der Waals surface area (Å²) in [5.74, 6) is 1.78. The molecular formula is C22H27N5O. The van der Waals surface area contributed by atoms with Crippen LogP contribution in [0, 0.1) is 11.3 Å². The summed E-state index contributed by atoms with van der Waals surface area (Å²) < 4.78 is 5.53. The molecule has 0 amide bonds. The third kappa shape index (κ3) is 3.76. The molecule has 6 nitrogen and oxygen atoms in total. The molecule has 0 aliphatic carbocycles. The van der Waals surface area contributed by atoms with Gasteiger partial charge in [-0.1, -0.05) is 12.1 Å². The van der Waals surface area contributed by atoms with Gasteiger partial charge in [-0.15, -0.1) is 0 Å². The van der Waals surface area contributed by atoms with Crippen molar-refractivity contribution in [2.75, 3.05) is 56.2 Å². The number of para-hydroxylation sites is 2. The van der Waals surface area contributed by atoms with Gasteiger partial charge >= 0.3 is 0 Å². The molecule has 0 spiro atoms. The molecule has 1 atom stereocenters. The lowest BCUT2D eigenvalue weighted by atomic mass is 10.0. The van der Waals surface area contributed by atoms with Gasteiger partial charge in [-0.3, -0.25) is 4.90 Å². The van der Waals surface area contributed by atoms with E-state index in [-0.39, 0.29) is 0 Å². The van der Waals surface area contributed by atoms with Gasteiger partial charge in [-0.2, -0.15) is 5.26 Å². The third-order valence-electron chi connectivity index (χ3n) is 5.86. The van der Waals surface area contributed by atoms with E-state index in [0.29, 0.717) is 11.6 Å². The number of pyridine rings is 1. The molecule has 28 heavy (non-hydrogen) atoms. The predicted molar refractivity (Wildman–Crippen MR) is 111 cm³/mol. The molecule has 1 aromatic carbocycles. The molecule has 0 N–H and O–H groups in total. The fourth-order valence-electron chi connectivity index (χ4n) is 4.40. The van der Waals surface area contributed by atoms with Crippen molar-refractivity contribution in [3.63, 3.8) is 0 Å². The second-order valence-electron chi connectivity index (χ2n) is 7.42. The van der Waals surface area contributed by atoms with Gasteiger partial charge in [0.2, 0.25) is 0 Å². The van der Waals surface area contributed by atoms with E-state index in [0.717, 1.165) is 57.3 Å². The number of piperazine rings is 1. The van der Waals surface area contributed by atoms with E-state index >= 15 is 0 Å². The van der Waals surface area contributed by atoms with Gasteiger partial charge in [0.1, 0.15) is 17.6 Å². The zero-order chi connectivity index (χ0) is 19.3. The molecule has 2 saturated heterocycles. The lowest BCUT2D eigenvalue weighted by molar-refractivity contribution is 0.166. The third-order valence-corrected chi connectivity index (χ3v) is 5.86. The number of nitriles is 1. The van der Waals surface area contributed by atoms with Crippen molar-refractivity contribution in [1.29, 1.82) is 5.26 Å². The van der Waals surface area contributed by atoms with Gasteiger partial charge in [0.25, 0.3) is 0 Å². The van der Waals surface area contributed by atoms with E-state index in [1.807, 2.05) is 24.3 Å². The molecule has 6 heteroatoms. The highest BCUT2D eigenvalue weighted by molar-refractivity contribution is 5.58. The van der Waals surface area contributed by atoms with E-state index < -0.39 is 0 Å². The van der Waals surface area contributed by atoms with Crippen LogP contribution in [-0.2, 0) is 0 Å². The Kier molecular flexibility index (Phi) is 5.63. The van der Waals surface area contributed by atoms with Crippen LogP contribution in [0.25, 0.3) is 0 Å². The van der Waals surface area contributed by atoms with Crippen LogP contribution in [0.3, 0.4) is 0 Å². The molecule has 4 rings (SSSR count). The Bertz CT molecular complexity index is 841. The molecule has 2 aromatic rings. The molecule has 0 bridgehead atoms. The van der Waals surface area contributed by atoms with Crippen molar-refractivity contribution in [3.05, 3.63) is 48.2 Å². The minimum absolute atomic E-state index is 0.516. The first-order chi connectivity index (χ1) is 13.8. The number of aromatic nitrogens is 1. The fourth-order valence-corrected chi connectivity index (χ4v) is 4.40. The lowest BCUT2D eigenvalue weighted by Crippen LogP contribution is -2.55. The molecule has 0 saturated carbocycles. The van der Waals surface area contributed by atoms with E-state index in [2.05, 4.69) is 37.9 Å². The van der Waals surface area contributed by atoms with Crippen LogP contribution in [0.15, 0.2) is 42.6 Å². The fraction of sp³-hybridized carbons (Fsp3) is 0.455. The Morgan fingerprint density at radius 3 is 2.64 bits per heavy atom. The first-order valence-electron chi connectivity index (χ1n) is 10.0. The Balaban J connectivity index is 1.40. The van der Waals surface area contributed by atoms with Crippen molar-refractivity contribution >= 4 is 11.5 Å². The average Bonchev–Trinajstić information content (AvgIpc) is 2.79. The van der Waals surface area contributed by atoms with Crippen molar-refractivity contribution < 1.29 is 4.74 Å². The number of hydrogen-bond acceptors (Lipinski definition) is 6.